The largest absolute Gasteiger partial charge is 0.493 e. The standard InChI is InChI=1S/C20H17N3O4/c1-24-16-9-8-13(11-17(16)25-2)19-22-18(23-27-19)14-10-12-6-4-5-7-15(12)21-20(14)26-3/h4-11H,1-3H3. The molecule has 4 aromatic rings. The van der Waals surface area contributed by atoms with Gasteiger partial charge in [0.25, 0.3) is 5.89 Å². The van der Waals surface area contributed by atoms with Crippen LogP contribution in [0.25, 0.3) is 33.7 Å². The molecule has 0 unspecified atom stereocenters. The lowest BCUT2D eigenvalue weighted by Crippen LogP contribution is -1.94. The molecule has 0 spiro atoms. The van der Waals surface area contributed by atoms with Gasteiger partial charge in [-0.3, -0.25) is 0 Å². The molecule has 7 nitrogen and oxygen atoms in total. The van der Waals surface area contributed by atoms with Crippen LogP contribution < -0.4 is 14.2 Å². The lowest BCUT2D eigenvalue weighted by Gasteiger charge is -2.07. The van der Waals surface area contributed by atoms with Crippen LogP contribution >= 0.6 is 0 Å². The first-order valence-electron chi connectivity index (χ1n) is 8.23. The Hall–Kier alpha value is -3.61. The smallest absolute Gasteiger partial charge is 0.258 e. The molecule has 7 heteroatoms. The van der Waals surface area contributed by atoms with E-state index in [0.29, 0.717) is 34.7 Å². The quantitative estimate of drug-likeness (QED) is 0.530. The molecule has 0 bridgehead atoms. The minimum Gasteiger partial charge on any atom is -0.493 e. The molecule has 0 amide bonds. The Labute approximate surface area is 155 Å². The number of ether oxygens (including phenoxy) is 3. The van der Waals surface area contributed by atoms with E-state index in [4.69, 9.17) is 18.7 Å². The Balaban J connectivity index is 1.78. The van der Waals surface area contributed by atoms with Gasteiger partial charge in [-0.15, -0.1) is 0 Å². The Morgan fingerprint density at radius 2 is 1.63 bits per heavy atom. The highest BCUT2D eigenvalue weighted by Crippen LogP contribution is 2.34. The molecular formula is C20H17N3O4. The van der Waals surface area contributed by atoms with E-state index in [2.05, 4.69) is 15.1 Å². The van der Waals surface area contributed by atoms with E-state index in [0.717, 1.165) is 16.5 Å². The van der Waals surface area contributed by atoms with E-state index in [-0.39, 0.29) is 0 Å². The number of nitrogens with zero attached hydrogens (tertiary/aromatic N) is 3. The average Bonchev–Trinajstić information content (AvgIpc) is 3.22. The molecule has 2 heterocycles. The molecule has 0 aliphatic rings. The molecule has 136 valence electrons. The van der Waals surface area contributed by atoms with Crippen LogP contribution in [0, 0.1) is 0 Å². The number of methoxy groups -OCH3 is 3. The van der Waals surface area contributed by atoms with Gasteiger partial charge in [0.2, 0.25) is 11.7 Å². The second-order valence-electron chi connectivity index (χ2n) is 5.73. The van der Waals surface area contributed by atoms with E-state index in [1.807, 2.05) is 36.4 Å². The summed E-state index contributed by atoms with van der Waals surface area (Å²) in [6.45, 7) is 0. The topological polar surface area (TPSA) is 79.5 Å². The molecule has 0 saturated carbocycles. The zero-order valence-electron chi connectivity index (χ0n) is 15.1. The fraction of sp³-hybridized carbons (Fsp3) is 0.150. The van der Waals surface area contributed by atoms with Gasteiger partial charge in [0, 0.05) is 10.9 Å². The van der Waals surface area contributed by atoms with Crippen LogP contribution in [-0.4, -0.2) is 36.5 Å². The predicted molar refractivity (Wildman–Crippen MR) is 100 cm³/mol. The number of fused-ring (bicyclic) bond motifs is 1. The first-order chi connectivity index (χ1) is 13.2. The highest BCUT2D eigenvalue weighted by atomic mass is 16.5. The summed E-state index contributed by atoms with van der Waals surface area (Å²) >= 11 is 0. The van der Waals surface area contributed by atoms with Crippen LogP contribution in [0.2, 0.25) is 0 Å². The summed E-state index contributed by atoms with van der Waals surface area (Å²) < 4.78 is 21.5. The van der Waals surface area contributed by atoms with Crippen molar-refractivity contribution in [2.24, 2.45) is 0 Å². The normalized spacial score (nSPS) is 10.8. The van der Waals surface area contributed by atoms with Crippen LogP contribution in [0.3, 0.4) is 0 Å². The molecule has 0 aliphatic carbocycles. The monoisotopic (exact) mass is 363 g/mol. The Morgan fingerprint density at radius 3 is 2.41 bits per heavy atom. The van der Waals surface area contributed by atoms with Crippen LogP contribution in [0.5, 0.6) is 17.4 Å². The lowest BCUT2D eigenvalue weighted by atomic mass is 10.1. The van der Waals surface area contributed by atoms with Gasteiger partial charge in [0.15, 0.2) is 11.5 Å². The summed E-state index contributed by atoms with van der Waals surface area (Å²) in [6, 6.07) is 15.1. The zero-order chi connectivity index (χ0) is 18.8. The summed E-state index contributed by atoms with van der Waals surface area (Å²) in [5, 5.41) is 5.06. The van der Waals surface area contributed by atoms with Gasteiger partial charge in [-0.1, -0.05) is 23.4 Å². The highest BCUT2D eigenvalue weighted by Gasteiger charge is 2.18. The third-order valence-corrected chi connectivity index (χ3v) is 4.18. The minimum atomic E-state index is 0.362. The minimum absolute atomic E-state index is 0.362. The third-order valence-electron chi connectivity index (χ3n) is 4.18. The van der Waals surface area contributed by atoms with Crippen molar-refractivity contribution in [3.05, 3.63) is 48.5 Å². The van der Waals surface area contributed by atoms with E-state index in [9.17, 15) is 0 Å². The Kier molecular flexibility index (Phi) is 4.33. The molecule has 0 N–H and O–H groups in total. The van der Waals surface area contributed by atoms with E-state index in [1.165, 1.54) is 0 Å². The van der Waals surface area contributed by atoms with E-state index in [1.54, 1.807) is 33.5 Å². The van der Waals surface area contributed by atoms with Crippen molar-refractivity contribution in [3.63, 3.8) is 0 Å². The maximum Gasteiger partial charge on any atom is 0.258 e. The molecular weight excluding hydrogens is 346 g/mol. The number of hydrogen-bond acceptors (Lipinski definition) is 7. The van der Waals surface area contributed by atoms with Crippen molar-refractivity contribution in [1.29, 1.82) is 0 Å². The number of benzene rings is 2. The molecule has 4 rings (SSSR count). The fourth-order valence-electron chi connectivity index (χ4n) is 2.83. The fourth-order valence-corrected chi connectivity index (χ4v) is 2.83. The van der Waals surface area contributed by atoms with Crippen molar-refractivity contribution >= 4 is 10.9 Å². The van der Waals surface area contributed by atoms with Gasteiger partial charge in [-0.05, 0) is 30.3 Å². The van der Waals surface area contributed by atoms with Gasteiger partial charge in [-0.25, -0.2) is 4.98 Å². The maximum atomic E-state index is 5.45. The molecule has 0 saturated heterocycles. The van der Waals surface area contributed by atoms with Crippen LogP contribution in [-0.2, 0) is 0 Å². The van der Waals surface area contributed by atoms with Gasteiger partial charge in [0.1, 0.15) is 0 Å². The predicted octanol–water partition coefficient (Wildman–Crippen LogP) is 3.98. The highest BCUT2D eigenvalue weighted by molar-refractivity contribution is 5.85. The molecule has 2 aromatic heterocycles. The summed E-state index contributed by atoms with van der Waals surface area (Å²) in [5.74, 6) is 2.41. The van der Waals surface area contributed by atoms with Crippen molar-refractivity contribution < 1.29 is 18.7 Å². The van der Waals surface area contributed by atoms with Gasteiger partial charge < -0.3 is 18.7 Å². The SMILES string of the molecule is COc1ccc(-c2nc(-c3cc4ccccc4nc3OC)no2)cc1OC. The first kappa shape index (κ1) is 16.8. The van der Waals surface area contributed by atoms with Gasteiger partial charge in [0.05, 0.1) is 32.4 Å². The maximum absolute atomic E-state index is 5.45. The van der Waals surface area contributed by atoms with E-state index >= 15 is 0 Å². The molecule has 0 fully saturated rings. The van der Waals surface area contributed by atoms with E-state index < -0.39 is 0 Å². The average molecular weight is 363 g/mol. The summed E-state index contributed by atoms with van der Waals surface area (Å²) in [7, 11) is 4.73. The Bertz CT molecular complexity index is 1110. The summed E-state index contributed by atoms with van der Waals surface area (Å²) in [6.07, 6.45) is 0. The van der Waals surface area contributed by atoms with Crippen molar-refractivity contribution in [1.82, 2.24) is 15.1 Å². The molecule has 2 aromatic carbocycles. The number of hydrogen-bond donors (Lipinski definition) is 0. The lowest BCUT2D eigenvalue weighted by molar-refractivity contribution is 0.355. The van der Waals surface area contributed by atoms with Crippen molar-refractivity contribution in [3.8, 4) is 40.2 Å². The zero-order valence-corrected chi connectivity index (χ0v) is 15.1. The first-order valence-corrected chi connectivity index (χ1v) is 8.23. The number of pyridine rings is 1. The summed E-state index contributed by atoms with van der Waals surface area (Å²) in [5.41, 5.74) is 2.22. The van der Waals surface area contributed by atoms with Crippen LogP contribution in [0.15, 0.2) is 53.1 Å². The molecule has 0 aliphatic heterocycles. The number of para-hydroxylation sites is 1. The third kappa shape index (κ3) is 3.03. The van der Waals surface area contributed by atoms with Crippen LogP contribution in [0.1, 0.15) is 0 Å². The second-order valence-corrected chi connectivity index (χ2v) is 5.73. The second kappa shape index (κ2) is 6.95. The van der Waals surface area contributed by atoms with Crippen LogP contribution in [0.4, 0.5) is 0 Å². The number of rotatable bonds is 5. The molecule has 27 heavy (non-hydrogen) atoms. The van der Waals surface area contributed by atoms with Crippen molar-refractivity contribution in [2.45, 2.75) is 0 Å². The molecule has 0 radical (unpaired) electrons. The van der Waals surface area contributed by atoms with Crippen molar-refractivity contribution in [2.75, 3.05) is 21.3 Å². The van der Waals surface area contributed by atoms with Gasteiger partial charge >= 0.3 is 0 Å². The van der Waals surface area contributed by atoms with Gasteiger partial charge in [-0.2, -0.15) is 4.98 Å². The Morgan fingerprint density at radius 1 is 0.815 bits per heavy atom. The summed E-state index contributed by atoms with van der Waals surface area (Å²) in [4.78, 5) is 9.02. The molecule has 0 atom stereocenters. The number of aromatic nitrogens is 3.